The van der Waals surface area contributed by atoms with Crippen molar-refractivity contribution in [3.05, 3.63) is 0 Å². The van der Waals surface area contributed by atoms with Gasteiger partial charge in [-0.3, -0.25) is 4.90 Å². The zero-order chi connectivity index (χ0) is 8.06. The average molecular weight is 155 g/mol. The van der Waals surface area contributed by atoms with Gasteiger partial charge >= 0.3 is 0 Å². The average Bonchev–Trinajstić information content (AvgIpc) is 2.68. The summed E-state index contributed by atoms with van der Waals surface area (Å²) in [6.07, 6.45) is 2.95. The normalized spacial score (nSPS) is 39.3. The van der Waals surface area contributed by atoms with E-state index in [0.717, 1.165) is 6.04 Å². The summed E-state index contributed by atoms with van der Waals surface area (Å²) in [5, 5.41) is 0. The van der Waals surface area contributed by atoms with Crippen molar-refractivity contribution >= 4 is 0 Å². The predicted octanol–water partition coefficient (Wildman–Crippen LogP) is 1.26. The van der Waals surface area contributed by atoms with Crippen LogP contribution in [0.1, 0.15) is 26.7 Å². The largest absolute Gasteiger partial charge is 0.371 e. The lowest BCUT2D eigenvalue weighted by molar-refractivity contribution is -0.0172. The molecule has 0 radical (unpaired) electrons. The Balaban J connectivity index is 1.90. The number of hydrogen-bond acceptors (Lipinski definition) is 2. The van der Waals surface area contributed by atoms with Crippen molar-refractivity contribution in [2.75, 3.05) is 13.6 Å². The maximum absolute atomic E-state index is 5.90. The number of hydrogen-bond donors (Lipinski definition) is 0. The zero-order valence-electron chi connectivity index (χ0n) is 7.63. The van der Waals surface area contributed by atoms with E-state index in [1.807, 2.05) is 0 Å². The zero-order valence-corrected chi connectivity index (χ0v) is 7.63. The number of rotatable bonds is 3. The molecule has 0 aromatic heterocycles. The molecule has 0 amide bonds. The van der Waals surface area contributed by atoms with Crippen LogP contribution in [-0.4, -0.2) is 36.2 Å². The van der Waals surface area contributed by atoms with Gasteiger partial charge in [0, 0.05) is 6.54 Å². The van der Waals surface area contributed by atoms with E-state index in [0.29, 0.717) is 6.10 Å². The molecule has 0 aromatic rings. The molecule has 1 saturated carbocycles. The summed E-state index contributed by atoms with van der Waals surface area (Å²) in [7, 11) is 2.18. The molecule has 2 heteroatoms. The molecular formula is C9H17NO. The first kappa shape index (κ1) is 7.56. The minimum Gasteiger partial charge on any atom is -0.371 e. The Morgan fingerprint density at radius 1 is 1.45 bits per heavy atom. The van der Waals surface area contributed by atoms with E-state index in [1.165, 1.54) is 19.4 Å². The summed E-state index contributed by atoms with van der Waals surface area (Å²) < 4.78 is 5.90. The molecule has 0 spiro atoms. The van der Waals surface area contributed by atoms with Gasteiger partial charge < -0.3 is 4.74 Å². The Labute approximate surface area is 68.5 Å². The third kappa shape index (κ3) is 1.30. The summed E-state index contributed by atoms with van der Waals surface area (Å²) in [5.41, 5.74) is 0.281. The summed E-state index contributed by atoms with van der Waals surface area (Å²) in [6.45, 7) is 5.50. The van der Waals surface area contributed by atoms with Crippen LogP contribution < -0.4 is 0 Å². The van der Waals surface area contributed by atoms with Gasteiger partial charge in [-0.1, -0.05) is 0 Å². The Morgan fingerprint density at radius 3 is 2.27 bits per heavy atom. The van der Waals surface area contributed by atoms with E-state index in [1.54, 1.807) is 0 Å². The minimum atomic E-state index is 0.281. The summed E-state index contributed by atoms with van der Waals surface area (Å²) in [5.74, 6) is 0. The topological polar surface area (TPSA) is 12.2 Å². The first-order valence-corrected chi connectivity index (χ1v) is 4.52. The third-order valence-electron chi connectivity index (χ3n) is 2.68. The summed E-state index contributed by atoms with van der Waals surface area (Å²) in [4.78, 5) is 2.37. The number of ether oxygens (including phenoxy) is 1. The molecule has 2 rings (SSSR count). The van der Waals surface area contributed by atoms with Gasteiger partial charge in [0.1, 0.15) is 0 Å². The number of likely N-dealkylation sites (N-methyl/N-ethyl adjacent to an activating group) is 1. The fourth-order valence-corrected chi connectivity index (χ4v) is 1.92. The van der Waals surface area contributed by atoms with Crippen molar-refractivity contribution in [2.24, 2.45) is 0 Å². The highest BCUT2D eigenvalue weighted by Crippen LogP contribution is 2.49. The van der Waals surface area contributed by atoms with Crippen LogP contribution in [0.25, 0.3) is 0 Å². The molecule has 0 N–H and O–H groups in total. The molecule has 1 aliphatic carbocycles. The molecule has 2 atom stereocenters. The molecule has 64 valence electrons. The van der Waals surface area contributed by atoms with Gasteiger partial charge in [0.15, 0.2) is 0 Å². The van der Waals surface area contributed by atoms with Gasteiger partial charge in [-0.15, -0.1) is 0 Å². The summed E-state index contributed by atoms with van der Waals surface area (Å²) in [6, 6.07) is 0.741. The van der Waals surface area contributed by atoms with Crippen LogP contribution in [0.3, 0.4) is 0 Å². The van der Waals surface area contributed by atoms with E-state index in [-0.39, 0.29) is 5.60 Å². The fourth-order valence-electron chi connectivity index (χ4n) is 1.92. The monoisotopic (exact) mass is 155 g/mol. The lowest BCUT2D eigenvalue weighted by atomic mass is 10.2. The molecule has 1 aliphatic heterocycles. The van der Waals surface area contributed by atoms with Crippen LogP contribution >= 0.6 is 0 Å². The Hall–Kier alpha value is -0.0800. The predicted molar refractivity (Wildman–Crippen MR) is 44.6 cm³/mol. The van der Waals surface area contributed by atoms with Gasteiger partial charge in [0.25, 0.3) is 0 Å². The second-order valence-electron chi connectivity index (χ2n) is 4.19. The van der Waals surface area contributed by atoms with E-state index < -0.39 is 0 Å². The highest BCUT2D eigenvalue weighted by molar-refractivity contribution is 5.13. The minimum absolute atomic E-state index is 0.281. The quantitative estimate of drug-likeness (QED) is 0.569. The molecule has 0 aromatic carbocycles. The first-order chi connectivity index (χ1) is 5.14. The van der Waals surface area contributed by atoms with Crippen molar-refractivity contribution in [1.82, 2.24) is 4.90 Å². The third-order valence-corrected chi connectivity index (χ3v) is 2.68. The Bertz CT molecular complexity index is 163. The van der Waals surface area contributed by atoms with Gasteiger partial charge in [-0.25, -0.2) is 0 Å². The Kier molecular flexibility index (Phi) is 1.52. The van der Waals surface area contributed by atoms with E-state index >= 15 is 0 Å². The van der Waals surface area contributed by atoms with Gasteiger partial charge in [0.05, 0.1) is 17.7 Å². The maximum atomic E-state index is 5.90. The van der Waals surface area contributed by atoms with Crippen molar-refractivity contribution < 1.29 is 4.74 Å². The molecule has 2 nitrogen and oxygen atoms in total. The number of nitrogens with zero attached hydrogens (tertiary/aromatic N) is 1. The molecule has 1 saturated heterocycles. The highest BCUT2D eigenvalue weighted by atomic mass is 16.5. The highest BCUT2D eigenvalue weighted by Gasteiger charge is 2.58. The van der Waals surface area contributed by atoms with Gasteiger partial charge in [-0.05, 0) is 33.7 Å². The van der Waals surface area contributed by atoms with Crippen molar-refractivity contribution in [1.29, 1.82) is 0 Å². The molecule has 0 bridgehead atoms. The van der Waals surface area contributed by atoms with Crippen LogP contribution in [0.5, 0.6) is 0 Å². The second kappa shape index (κ2) is 2.20. The van der Waals surface area contributed by atoms with E-state index in [2.05, 4.69) is 25.8 Å². The van der Waals surface area contributed by atoms with Gasteiger partial charge in [-0.2, -0.15) is 0 Å². The van der Waals surface area contributed by atoms with Crippen LogP contribution in [0.4, 0.5) is 0 Å². The maximum Gasteiger partial charge on any atom is 0.0854 e. The van der Waals surface area contributed by atoms with Crippen LogP contribution in [0, 0.1) is 0 Å². The SMILES string of the molecule is CC(C)OC1([C@@H]2CN2C)CC1. The van der Waals surface area contributed by atoms with Crippen LogP contribution in [-0.2, 0) is 4.74 Å². The molecule has 1 heterocycles. The van der Waals surface area contributed by atoms with E-state index in [4.69, 9.17) is 4.74 Å². The molecule has 2 aliphatic rings. The lowest BCUT2D eigenvalue weighted by Crippen LogP contribution is -2.27. The van der Waals surface area contributed by atoms with Crippen molar-refractivity contribution in [3.63, 3.8) is 0 Å². The second-order valence-corrected chi connectivity index (χ2v) is 4.19. The van der Waals surface area contributed by atoms with Crippen LogP contribution in [0.15, 0.2) is 0 Å². The van der Waals surface area contributed by atoms with Crippen molar-refractivity contribution in [2.45, 2.75) is 44.4 Å². The van der Waals surface area contributed by atoms with E-state index in [9.17, 15) is 0 Å². The summed E-state index contributed by atoms with van der Waals surface area (Å²) >= 11 is 0. The molecule has 1 unspecified atom stereocenters. The lowest BCUT2D eigenvalue weighted by Gasteiger charge is -2.18. The molecule has 2 fully saturated rings. The fraction of sp³-hybridized carbons (Fsp3) is 1.00. The van der Waals surface area contributed by atoms with Gasteiger partial charge in [0.2, 0.25) is 0 Å². The Morgan fingerprint density at radius 2 is 2.00 bits per heavy atom. The smallest absolute Gasteiger partial charge is 0.0854 e. The molecule has 11 heavy (non-hydrogen) atoms. The van der Waals surface area contributed by atoms with Crippen LogP contribution in [0.2, 0.25) is 0 Å². The standard InChI is InChI=1S/C9H17NO/c1-7(2)11-9(4-5-9)8-6-10(8)3/h7-8H,4-6H2,1-3H3/t8-,10?/m0/s1. The first-order valence-electron chi connectivity index (χ1n) is 4.52. The van der Waals surface area contributed by atoms with Crippen molar-refractivity contribution in [3.8, 4) is 0 Å². The molecular weight excluding hydrogens is 138 g/mol.